The summed E-state index contributed by atoms with van der Waals surface area (Å²) in [6.07, 6.45) is 6.28. The molecule has 3 N–H and O–H groups in total. The highest BCUT2D eigenvalue weighted by atomic mass is 79.9. The summed E-state index contributed by atoms with van der Waals surface area (Å²) in [6, 6.07) is 4.44. The van der Waals surface area contributed by atoms with Crippen LogP contribution in [0.2, 0.25) is 0 Å². The van der Waals surface area contributed by atoms with Crippen molar-refractivity contribution in [2.24, 2.45) is 0 Å². The van der Waals surface area contributed by atoms with E-state index >= 15 is 0 Å². The fourth-order valence-electron chi connectivity index (χ4n) is 2.53. The number of aromatic amines is 2. The normalized spacial score (nSPS) is 14.7. The Kier molecular flexibility index (Phi) is 2.88. The summed E-state index contributed by atoms with van der Waals surface area (Å²) in [6.45, 7) is 0.704. The first kappa shape index (κ1) is 12.7. The van der Waals surface area contributed by atoms with Crippen LogP contribution in [-0.2, 0) is 6.54 Å². The van der Waals surface area contributed by atoms with E-state index in [2.05, 4.69) is 40.8 Å². The molecule has 3 aromatic rings. The maximum atomic E-state index is 11.3. The number of benzene rings is 1. The molecule has 2 aromatic heterocycles. The van der Waals surface area contributed by atoms with E-state index in [-0.39, 0.29) is 5.69 Å². The minimum absolute atomic E-state index is 0.194. The molecule has 1 aliphatic rings. The highest BCUT2D eigenvalue weighted by Gasteiger charge is 2.25. The average Bonchev–Trinajstić information content (AvgIpc) is 3.08. The summed E-state index contributed by atoms with van der Waals surface area (Å²) in [5.41, 5.74) is 3.51. The van der Waals surface area contributed by atoms with E-state index in [0.29, 0.717) is 12.6 Å². The van der Waals surface area contributed by atoms with Gasteiger partial charge in [0.2, 0.25) is 0 Å². The van der Waals surface area contributed by atoms with E-state index in [1.54, 1.807) is 0 Å². The number of hydrogen-bond acceptors (Lipinski definition) is 3. The predicted molar refractivity (Wildman–Crippen MR) is 84.4 cm³/mol. The molecule has 7 heteroatoms. The van der Waals surface area contributed by atoms with E-state index in [9.17, 15) is 4.79 Å². The number of halogens is 1. The van der Waals surface area contributed by atoms with Gasteiger partial charge in [0.05, 0.1) is 35.3 Å². The lowest BCUT2D eigenvalue weighted by Gasteiger charge is -2.10. The van der Waals surface area contributed by atoms with Crippen molar-refractivity contribution in [3.05, 3.63) is 45.3 Å². The van der Waals surface area contributed by atoms with Crippen LogP contribution in [0.1, 0.15) is 24.6 Å². The van der Waals surface area contributed by atoms with Gasteiger partial charge in [0.25, 0.3) is 0 Å². The van der Waals surface area contributed by atoms with Crippen LogP contribution in [0.4, 0.5) is 5.69 Å². The highest BCUT2D eigenvalue weighted by Crippen LogP contribution is 2.36. The van der Waals surface area contributed by atoms with E-state index in [1.165, 1.54) is 18.5 Å². The molecule has 6 nitrogen and oxygen atoms in total. The Bertz CT molecular complexity index is 858. The minimum atomic E-state index is -0.194. The number of imidazole rings is 2. The lowest BCUT2D eigenvalue weighted by molar-refractivity contribution is 0.701. The van der Waals surface area contributed by atoms with Gasteiger partial charge in [-0.1, -0.05) is 0 Å². The topological polar surface area (TPSA) is 78.5 Å². The van der Waals surface area contributed by atoms with Gasteiger partial charge in [-0.05, 0) is 40.9 Å². The zero-order chi connectivity index (χ0) is 14.4. The Balaban J connectivity index is 1.60. The number of aromatic nitrogens is 4. The SMILES string of the molecule is O=c1[nH]c2cc(Br)c(NCc3cncn3C3CC3)cc2[nH]1. The largest absolute Gasteiger partial charge is 0.378 e. The maximum Gasteiger partial charge on any atom is 0.323 e. The molecular formula is C14H14BrN5O. The molecule has 0 aliphatic heterocycles. The lowest BCUT2D eigenvalue weighted by atomic mass is 10.2. The van der Waals surface area contributed by atoms with Crippen LogP contribution in [-0.4, -0.2) is 19.5 Å². The summed E-state index contributed by atoms with van der Waals surface area (Å²) in [5, 5.41) is 3.40. The molecule has 0 saturated heterocycles. The highest BCUT2D eigenvalue weighted by molar-refractivity contribution is 9.10. The third kappa shape index (κ3) is 2.37. The number of fused-ring (bicyclic) bond motifs is 1. The molecule has 1 fully saturated rings. The van der Waals surface area contributed by atoms with E-state index < -0.39 is 0 Å². The Morgan fingerprint density at radius 2 is 2.10 bits per heavy atom. The third-order valence-corrected chi connectivity index (χ3v) is 4.41. The summed E-state index contributed by atoms with van der Waals surface area (Å²) in [7, 11) is 0. The number of anilines is 1. The summed E-state index contributed by atoms with van der Waals surface area (Å²) < 4.78 is 3.15. The number of nitrogens with zero attached hydrogens (tertiary/aromatic N) is 2. The molecule has 1 aliphatic carbocycles. The van der Waals surface area contributed by atoms with Gasteiger partial charge < -0.3 is 19.9 Å². The first-order valence-electron chi connectivity index (χ1n) is 6.87. The number of hydrogen-bond donors (Lipinski definition) is 3. The smallest absolute Gasteiger partial charge is 0.323 e. The van der Waals surface area contributed by atoms with Gasteiger partial charge >= 0.3 is 5.69 Å². The van der Waals surface area contributed by atoms with Crippen molar-refractivity contribution in [1.82, 2.24) is 19.5 Å². The molecule has 0 spiro atoms. The third-order valence-electron chi connectivity index (χ3n) is 3.75. The van der Waals surface area contributed by atoms with Crippen LogP contribution in [0.15, 0.2) is 33.9 Å². The second kappa shape index (κ2) is 4.77. The second-order valence-electron chi connectivity index (χ2n) is 5.33. The first-order valence-corrected chi connectivity index (χ1v) is 7.66. The Hall–Kier alpha value is -2.02. The van der Waals surface area contributed by atoms with Gasteiger partial charge in [0.15, 0.2) is 0 Å². The van der Waals surface area contributed by atoms with Crippen LogP contribution in [0, 0.1) is 0 Å². The molecule has 0 amide bonds. The van der Waals surface area contributed by atoms with Gasteiger partial charge in [-0.3, -0.25) is 0 Å². The molecule has 1 aromatic carbocycles. The monoisotopic (exact) mass is 347 g/mol. The van der Waals surface area contributed by atoms with Gasteiger partial charge in [-0.25, -0.2) is 9.78 Å². The zero-order valence-corrected chi connectivity index (χ0v) is 12.8. The molecule has 0 bridgehead atoms. The lowest BCUT2D eigenvalue weighted by Crippen LogP contribution is -2.06. The number of rotatable bonds is 4. The van der Waals surface area contributed by atoms with Crippen LogP contribution in [0.3, 0.4) is 0 Å². The molecule has 0 unspecified atom stereocenters. The van der Waals surface area contributed by atoms with Crippen LogP contribution < -0.4 is 11.0 Å². The van der Waals surface area contributed by atoms with Crippen molar-refractivity contribution in [2.75, 3.05) is 5.32 Å². The molecule has 2 heterocycles. The fraction of sp³-hybridized carbons (Fsp3) is 0.286. The van der Waals surface area contributed by atoms with Gasteiger partial charge in [0, 0.05) is 16.7 Å². The Morgan fingerprint density at radius 1 is 1.33 bits per heavy atom. The molecule has 21 heavy (non-hydrogen) atoms. The van der Waals surface area contributed by atoms with Gasteiger partial charge in [0.1, 0.15) is 0 Å². The number of nitrogens with one attached hydrogen (secondary N) is 3. The van der Waals surface area contributed by atoms with Crippen LogP contribution in [0.5, 0.6) is 0 Å². The maximum absolute atomic E-state index is 11.3. The molecule has 108 valence electrons. The molecular weight excluding hydrogens is 334 g/mol. The van der Waals surface area contributed by atoms with Crippen molar-refractivity contribution < 1.29 is 0 Å². The Morgan fingerprint density at radius 3 is 2.86 bits per heavy atom. The van der Waals surface area contributed by atoms with Crippen LogP contribution >= 0.6 is 15.9 Å². The standard InChI is InChI=1S/C14H14BrN5O/c15-10-3-12-13(19-14(21)18-12)4-11(10)17-6-9-5-16-7-20(9)8-1-2-8/h3-5,7-8,17H,1-2,6H2,(H2,18,19,21). The number of H-pyrrole nitrogens is 2. The fourth-order valence-corrected chi connectivity index (χ4v) is 3.01. The summed E-state index contributed by atoms with van der Waals surface area (Å²) in [5.74, 6) is 0. The second-order valence-corrected chi connectivity index (χ2v) is 6.19. The average molecular weight is 348 g/mol. The minimum Gasteiger partial charge on any atom is -0.378 e. The predicted octanol–water partition coefficient (Wildman–Crippen LogP) is 2.76. The van der Waals surface area contributed by atoms with Crippen molar-refractivity contribution >= 4 is 32.7 Å². The summed E-state index contributed by atoms with van der Waals surface area (Å²) in [4.78, 5) is 21.1. The first-order chi connectivity index (χ1) is 10.2. The molecule has 0 radical (unpaired) electrons. The van der Waals surface area contributed by atoms with E-state index in [1.807, 2.05) is 24.7 Å². The van der Waals surface area contributed by atoms with Crippen LogP contribution in [0.25, 0.3) is 11.0 Å². The van der Waals surface area contributed by atoms with Crippen molar-refractivity contribution in [3.8, 4) is 0 Å². The zero-order valence-electron chi connectivity index (χ0n) is 11.2. The van der Waals surface area contributed by atoms with E-state index in [4.69, 9.17) is 0 Å². The molecule has 4 rings (SSSR count). The Labute approximate surface area is 128 Å². The quantitative estimate of drug-likeness (QED) is 0.678. The molecule has 1 saturated carbocycles. The summed E-state index contributed by atoms with van der Waals surface area (Å²) >= 11 is 3.53. The van der Waals surface area contributed by atoms with Gasteiger partial charge in [-0.2, -0.15) is 0 Å². The van der Waals surface area contributed by atoms with Crippen molar-refractivity contribution in [1.29, 1.82) is 0 Å². The van der Waals surface area contributed by atoms with Crippen molar-refractivity contribution in [2.45, 2.75) is 25.4 Å². The molecule has 0 atom stereocenters. The van der Waals surface area contributed by atoms with E-state index in [0.717, 1.165) is 21.2 Å². The van der Waals surface area contributed by atoms with Gasteiger partial charge in [-0.15, -0.1) is 0 Å². The van der Waals surface area contributed by atoms with Crippen molar-refractivity contribution in [3.63, 3.8) is 0 Å².